The fourth-order valence-corrected chi connectivity index (χ4v) is 6.35. The lowest BCUT2D eigenvalue weighted by Crippen LogP contribution is -2.50. The minimum Gasteiger partial charge on any atom is -0.314 e. The molecule has 0 radical (unpaired) electrons. The van der Waals surface area contributed by atoms with E-state index in [1.807, 2.05) is 24.0 Å². The van der Waals surface area contributed by atoms with Gasteiger partial charge >= 0.3 is 0 Å². The van der Waals surface area contributed by atoms with Crippen LogP contribution in [0.3, 0.4) is 0 Å². The summed E-state index contributed by atoms with van der Waals surface area (Å²) in [4.78, 5) is 29.9. The summed E-state index contributed by atoms with van der Waals surface area (Å²) >= 11 is 1.59. The molecule has 1 atom stereocenters. The highest BCUT2D eigenvalue weighted by molar-refractivity contribution is 8.02. The number of nitrogens with zero attached hydrogens (tertiary/aromatic N) is 2. The number of carbonyl (C=O) groups is 2. The van der Waals surface area contributed by atoms with E-state index in [0.29, 0.717) is 13.1 Å². The van der Waals surface area contributed by atoms with E-state index in [-0.39, 0.29) is 28.3 Å². The molecule has 2 aromatic rings. The molecule has 2 aromatic carbocycles. The lowest BCUT2D eigenvalue weighted by atomic mass is 10.0. The zero-order valence-corrected chi connectivity index (χ0v) is 18.3. The van der Waals surface area contributed by atoms with Gasteiger partial charge in [-0.05, 0) is 57.4 Å². The van der Waals surface area contributed by atoms with Gasteiger partial charge in [0.2, 0.25) is 5.91 Å². The molecule has 1 aliphatic carbocycles. The fourth-order valence-electron chi connectivity index (χ4n) is 4.62. The Bertz CT molecular complexity index is 1050. The van der Waals surface area contributed by atoms with Crippen molar-refractivity contribution in [2.24, 2.45) is 5.92 Å². The van der Waals surface area contributed by atoms with Crippen molar-refractivity contribution in [1.82, 2.24) is 4.90 Å². The third-order valence-electron chi connectivity index (χ3n) is 6.13. The second kappa shape index (κ2) is 6.58. The number of aryl methyl sites for hydroxylation is 1. The average molecular weight is 425 g/mol. The van der Waals surface area contributed by atoms with Gasteiger partial charge in [0.15, 0.2) is 4.87 Å². The monoisotopic (exact) mass is 424 g/mol. The summed E-state index contributed by atoms with van der Waals surface area (Å²) in [5.41, 5.74) is 3.66. The first kappa shape index (κ1) is 19.6. The molecule has 4 nitrogen and oxygen atoms in total. The summed E-state index contributed by atoms with van der Waals surface area (Å²) in [6, 6.07) is 12.3. The Labute approximate surface area is 180 Å². The van der Waals surface area contributed by atoms with Crippen LogP contribution < -0.4 is 4.90 Å². The van der Waals surface area contributed by atoms with Gasteiger partial charge in [-0.15, -0.1) is 11.8 Å². The first-order chi connectivity index (χ1) is 14.2. The van der Waals surface area contributed by atoms with E-state index in [9.17, 15) is 14.0 Å². The van der Waals surface area contributed by atoms with Crippen LogP contribution in [0.5, 0.6) is 0 Å². The Morgan fingerprint density at radius 1 is 1.17 bits per heavy atom. The van der Waals surface area contributed by atoms with Crippen LogP contribution in [0.2, 0.25) is 0 Å². The number of fused-ring (bicyclic) bond motifs is 2. The van der Waals surface area contributed by atoms with Crippen molar-refractivity contribution < 1.29 is 14.0 Å². The van der Waals surface area contributed by atoms with Gasteiger partial charge in [-0.3, -0.25) is 9.59 Å². The van der Waals surface area contributed by atoms with Crippen molar-refractivity contribution in [3.63, 3.8) is 0 Å². The third-order valence-corrected chi connectivity index (χ3v) is 7.72. The second-order valence-corrected chi connectivity index (χ2v) is 11.1. The number of rotatable bonds is 3. The maximum absolute atomic E-state index is 14.1. The Balaban J connectivity index is 1.63. The van der Waals surface area contributed by atoms with E-state index >= 15 is 0 Å². The van der Waals surface area contributed by atoms with E-state index in [2.05, 4.69) is 19.9 Å². The summed E-state index contributed by atoms with van der Waals surface area (Å²) in [5.74, 6) is -0.230. The molecule has 2 aliphatic heterocycles. The Morgan fingerprint density at radius 2 is 1.87 bits per heavy atom. The lowest BCUT2D eigenvalue weighted by molar-refractivity contribution is -0.141. The summed E-state index contributed by atoms with van der Waals surface area (Å²) < 4.78 is 13.2. The van der Waals surface area contributed by atoms with Crippen molar-refractivity contribution >= 4 is 29.3 Å². The van der Waals surface area contributed by atoms with Gasteiger partial charge in [0.25, 0.3) is 5.91 Å². The van der Waals surface area contributed by atoms with Crippen molar-refractivity contribution in [2.75, 3.05) is 11.4 Å². The lowest BCUT2D eigenvalue weighted by Gasteiger charge is -2.33. The molecule has 30 heavy (non-hydrogen) atoms. The van der Waals surface area contributed by atoms with E-state index in [1.54, 1.807) is 28.8 Å². The SMILES string of the molecule is Cc1ccc2c(c1)[C@@]1(SC(C)(C)CN1C(=O)C1CC1)C(=O)N2Cc1ccc(F)cc1. The molecule has 6 heteroatoms. The predicted octanol–water partition coefficient (Wildman–Crippen LogP) is 4.60. The van der Waals surface area contributed by atoms with E-state index in [0.717, 1.165) is 35.2 Å². The maximum atomic E-state index is 14.1. The molecule has 0 aromatic heterocycles. The topological polar surface area (TPSA) is 40.6 Å². The number of thioether (sulfide) groups is 1. The summed E-state index contributed by atoms with van der Waals surface area (Å²) in [6.07, 6.45) is 1.81. The van der Waals surface area contributed by atoms with Crippen molar-refractivity contribution in [2.45, 2.75) is 49.8 Å². The van der Waals surface area contributed by atoms with Crippen molar-refractivity contribution in [3.8, 4) is 0 Å². The number of hydrogen-bond acceptors (Lipinski definition) is 3. The van der Waals surface area contributed by atoms with Crippen LogP contribution in [0.25, 0.3) is 0 Å². The number of anilines is 1. The smallest absolute Gasteiger partial charge is 0.268 e. The van der Waals surface area contributed by atoms with Gasteiger partial charge in [0.1, 0.15) is 5.82 Å². The van der Waals surface area contributed by atoms with Gasteiger partial charge < -0.3 is 9.80 Å². The van der Waals surface area contributed by atoms with Crippen LogP contribution in [0, 0.1) is 18.7 Å². The van der Waals surface area contributed by atoms with Crippen LogP contribution >= 0.6 is 11.8 Å². The van der Waals surface area contributed by atoms with Gasteiger partial charge in [0, 0.05) is 22.8 Å². The van der Waals surface area contributed by atoms with Gasteiger partial charge in [-0.1, -0.05) is 29.8 Å². The van der Waals surface area contributed by atoms with Crippen LogP contribution in [0.4, 0.5) is 10.1 Å². The van der Waals surface area contributed by atoms with E-state index in [1.165, 1.54) is 12.1 Å². The molecule has 0 N–H and O–H groups in total. The van der Waals surface area contributed by atoms with Crippen LogP contribution in [0.15, 0.2) is 42.5 Å². The molecular formula is C24H25FN2O2S. The molecule has 2 heterocycles. The number of amides is 2. The number of hydrogen-bond donors (Lipinski definition) is 0. The molecule has 1 saturated carbocycles. The molecule has 3 aliphatic rings. The molecule has 156 valence electrons. The zero-order chi connectivity index (χ0) is 21.3. The van der Waals surface area contributed by atoms with Crippen LogP contribution in [0.1, 0.15) is 43.4 Å². The molecule has 0 unspecified atom stereocenters. The van der Waals surface area contributed by atoms with Gasteiger partial charge in [-0.25, -0.2) is 4.39 Å². The Kier molecular flexibility index (Phi) is 4.30. The molecule has 5 rings (SSSR count). The molecule has 2 amide bonds. The quantitative estimate of drug-likeness (QED) is 0.723. The highest BCUT2D eigenvalue weighted by atomic mass is 32.2. The number of carbonyl (C=O) groups excluding carboxylic acids is 2. The first-order valence-electron chi connectivity index (χ1n) is 10.4. The summed E-state index contributed by atoms with van der Waals surface area (Å²) in [6.45, 7) is 7.12. The average Bonchev–Trinajstić information content (AvgIpc) is 3.47. The summed E-state index contributed by atoms with van der Waals surface area (Å²) in [5, 5.41) is 0. The maximum Gasteiger partial charge on any atom is 0.268 e. The van der Waals surface area contributed by atoms with Crippen molar-refractivity contribution in [1.29, 1.82) is 0 Å². The van der Waals surface area contributed by atoms with Gasteiger partial charge in [0.05, 0.1) is 12.2 Å². The highest BCUT2D eigenvalue weighted by Gasteiger charge is 2.64. The van der Waals surface area contributed by atoms with Gasteiger partial charge in [-0.2, -0.15) is 0 Å². The fraction of sp³-hybridized carbons (Fsp3) is 0.417. The molecule has 1 spiro atoms. The second-order valence-electron chi connectivity index (χ2n) is 9.24. The largest absolute Gasteiger partial charge is 0.314 e. The number of halogens is 1. The Morgan fingerprint density at radius 3 is 2.53 bits per heavy atom. The molecular weight excluding hydrogens is 399 g/mol. The summed E-state index contributed by atoms with van der Waals surface area (Å²) in [7, 11) is 0. The highest BCUT2D eigenvalue weighted by Crippen LogP contribution is 2.60. The predicted molar refractivity (Wildman–Crippen MR) is 117 cm³/mol. The number of benzene rings is 2. The molecule has 2 fully saturated rings. The Hall–Kier alpha value is -2.34. The zero-order valence-electron chi connectivity index (χ0n) is 17.4. The standard InChI is InChI=1S/C24H25FN2O2S/c1-15-4-11-20-19(12-15)24(22(29)26(20)13-16-5-9-18(25)10-6-16)27(14-23(2,3)30-24)21(28)17-7-8-17/h4-6,9-12,17H,7-8,13-14H2,1-3H3/t24-/m1/s1. The minimum absolute atomic E-state index is 0.0450. The molecule has 1 saturated heterocycles. The van der Waals surface area contributed by atoms with E-state index < -0.39 is 4.87 Å². The third kappa shape index (κ3) is 2.96. The minimum atomic E-state index is -1.02. The molecule has 0 bridgehead atoms. The first-order valence-corrected chi connectivity index (χ1v) is 11.2. The normalized spacial score (nSPS) is 24.6. The van der Waals surface area contributed by atoms with Crippen LogP contribution in [-0.2, 0) is 21.0 Å². The van der Waals surface area contributed by atoms with Crippen LogP contribution in [-0.4, -0.2) is 28.0 Å². The van der Waals surface area contributed by atoms with Crippen molar-refractivity contribution in [3.05, 3.63) is 65.0 Å². The van der Waals surface area contributed by atoms with E-state index in [4.69, 9.17) is 0 Å².